The van der Waals surface area contributed by atoms with E-state index in [1.54, 1.807) is 50.4 Å². The first kappa shape index (κ1) is 29.5. The smallest absolute Gasteiger partial charge is 0.264 e. The molecule has 0 radical (unpaired) electrons. The van der Waals surface area contributed by atoms with Gasteiger partial charge in [0, 0.05) is 50.2 Å². The lowest BCUT2D eigenvalue weighted by Crippen LogP contribution is -2.47. The minimum absolute atomic E-state index is 0.144. The summed E-state index contributed by atoms with van der Waals surface area (Å²) in [4.78, 5) is 33.6. The van der Waals surface area contributed by atoms with Crippen molar-refractivity contribution in [1.82, 2.24) is 10.2 Å². The largest absolute Gasteiger partial charge is 0.493 e. The van der Waals surface area contributed by atoms with Crippen LogP contribution in [0.3, 0.4) is 0 Å². The number of para-hydroxylation sites is 1. The zero-order valence-corrected chi connectivity index (χ0v) is 24.9. The molecule has 3 aromatic rings. The van der Waals surface area contributed by atoms with Crippen molar-refractivity contribution in [3.05, 3.63) is 82.5 Å². The molecule has 0 bridgehead atoms. The zero-order chi connectivity index (χ0) is 29.6. The van der Waals surface area contributed by atoms with E-state index in [1.165, 1.54) is 17.8 Å². The maximum Gasteiger partial charge on any atom is 0.264 e. The summed E-state index contributed by atoms with van der Waals surface area (Å²) in [6.07, 6.45) is 2.64. The summed E-state index contributed by atoms with van der Waals surface area (Å²) >= 11 is 1.38. The van der Waals surface area contributed by atoms with Gasteiger partial charge in [-0.2, -0.15) is 0 Å². The predicted octanol–water partition coefficient (Wildman–Crippen LogP) is 4.89. The number of halogens is 1. The summed E-state index contributed by atoms with van der Waals surface area (Å²) in [5, 5.41) is 3.01. The van der Waals surface area contributed by atoms with E-state index < -0.39 is 0 Å². The Kier molecular flexibility index (Phi) is 9.34. The summed E-state index contributed by atoms with van der Waals surface area (Å²) in [7, 11) is 4.87. The van der Waals surface area contributed by atoms with Gasteiger partial charge in [0.2, 0.25) is 0 Å². The molecule has 10 heteroatoms. The molecule has 5 rings (SSSR count). The maximum atomic E-state index is 14.1. The molecule has 0 aliphatic carbocycles. The first-order valence-corrected chi connectivity index (χ1v) is 14.7. The minimum Gasteiger partial charge on any atom is -0.493 e. The highest BCUT2D eigenvalue weighted by Gasteiger charge is 2.27. The maximum absolute atomic E-state index is 14.1. The number of nitrogens with one attached hydrogen (secondary N) is 1. The van der Waals surface area contributed by atoms with Gasteiger partial charge in [-0.25, -0.2) is 4.39 Å². The van der Waals surface area contributed by atoms with Gasteiger partial charge >= 0.3 is 0 Å². The normalized spacial score (nSPS) is 16.4. The van der Waals surface area contributed by atoms with Crippen molar-refractivity contribution in [1.29, 1.82) is 0 Å². The van der Waals surface area contributed by atoms with Crippen molar-refractivity contribution in [2.45, 2.75) is 11.3 Å². The van der Waals surface area contributed by atoms with Crippen molar-refractivity contribution >= 4 is 41.0 Å². The number of thioether (sulfide) groups is 1. The number of rotatable bonds is 9. The second kappa shape index (κ2) is 13.3. The Bertz CT molecular complexity index is 1490. The fourth-order valence-corrected chi connectivity index (χ4v) is 6.25. The summed E-state index contributed by atoms with van der Waals surface area (Å²) in [5.41, 5.74) is 2.70. The van der Waals surface area contributed by atoms with E-state index in [1.807, 2.05) is 36.4 Å². The van der Waals surface area contributed by atoms with Gasteiger partial charge in [0.05, 0.1) is 30.5 Å². The number of amides is 2. The lowest BCUT2D eigenvalue weighted by molar-refractivity contribution is -0.114. The third-order valence-electron chi connectivity index (χ3n) is 7.53. The van der Waals surface area contributed by atoms with Crippen LogP contribution in [0.25, 0.3) is 6.08 Å². The Balaban J connectivity index is 1.13. The number of ether oxygens (including phenoxy) is 2. The molecule has 2 heterocycles. The van der Waals surface area contributed by atoms with E-state index in [0.717, 1.165) is 49.6 Å². The van der Waals surface area contributed by atoms with Crippen LogP contribution in [-0.2, 0) is 4.79 Å². The van der Waals surface area contributed by atoms with Crippen molar-refractivity contribution in [2.75, 3.05) is 70.3 Å². The molecule has 3 aromatic carbocycles. The molecule has 0 aromatic heterocycles. The molecule has 0 unspecified atom stereocenters. The highest BCUT2D eigenvalue weighted by atomic mass is 32.2. The average Bonchev–Trinajstić information content (AvgIpc) is 3.02. The number of hydrogen-bond acceptors (Lipinski definition) is 7. The Hall–Kier alpha value is -4.02. The molecular formula is C32H35FN4O4S. The molecular weight excluding hydrogens is 555 g/mol. The second-order valence-electron chi connectivity index (χ2n) is 10.2. The fraction of sp³-hybridized carbons (Fsp3) is 0.312. The van der Waals surface area contributed by atoms with Crippen molar-refractivity contribution < 1.29 is 23.5 Å². The average molecular weight is 591 g/mol. The van der Waals surface area contributed by atoms with Gasteiger partial charge < -0.3 is 24.6 Å². The molecule has 42 heavy (non-hydrogen) atoms. The summed E-state index contributed by atoms with van der Waals surface area (Å²) < 4.78 is 24.8. The third-order valence-corrected chi connectivity index (χ3v) is 8.60. The third kappa shape index (κ3) is 6.55. The van der Waals surface area contributed by atoms with Gasteiger partial charge in [-0.3, -0.25) is 14.5 Å². The van der Waals surface area contributed by atoms with E-state index in [4.69, 9.17) is 9.47 Å². The number of methoxy groups -OCH3 is 2. The Morgan fingerprint density at radius 1 is 0.976 bits per heavy atom. The fourth-order valence-electron chi connectivity index (χ4n) is 5.16. The quantitative estimate of drug-likeness (QED) is 0.281. The first-order valence-electron chi connectivity index (χ1n) is 13.9. The highest BCUT2D eigenvalue weighted by molar-refractivity contribution is 8.04. The van der Waals surface area contributed by atoms with E-state index in [-0.39, 0.29) is 17.6 Å². The van der Waals surface area contributed by atoms with Crippen LogP contribution in [0.15, 0.2) is 70.5 Å². The van der Waals surface area contributed by atoms with E-state index >= 15 is 0 Å². The number of anilines is 2. The Morgan fingerprint density at radius 3 is 2.48 bits per heavy atom. The van der Waals surface area contributed by atoms with Crippen LogP contribution in [0.2, 0.25) is 0 Å². The first-order chi connectivity index (χ1) is 20.4. The number of carbonyl (C=O) groups is 2. The van der Waals surface area contributed by atoms with Crippen LogP contribution < -0.4 is 24.6 Å². The number of nitrogens with zero attached hydrogens (tertiary/aromatic N) is 3. The number of hydrogen-bond donors (Lipinski definition) is 1. The van der Waals surface area contributed by atoms with Crippen molar-refractivity contribution in [2.24, 2.45) is 0 Å². The summed E-state index contributed by atoms with van der Waals surface area (Å²) in [6, 6.07) is 17.8. The minimum atomic E-state index is -0.184. The van der Waals surface area contributed by atoms with Crippen LogP contribution in [0.4, 0.5) is 15.8 Å². The van der Waals surface area contributed by atoms with Crippen LogP contribution in [-0.4, -0.2) is 77.3 Å². The SMILES string of the molecule is COc1ccc(/C=C2\Sc3ccc(C(=O)NCCCN4CCN(c5ccccc5F)CC4)cc3N(C)C2=O)cc1OC. The molecule has 8 nitrogen and oxygen atoms in total. The molecule has 1 fully saturated rings. The van der Waals surface area contributed by atoms with Gasteiger partial charge in [0.15, 0.2) is 11.5 Å². The zero-order valence-electron chi connectivity index (χ0n) is 24.1. The van der Waals surface area contributed by atoms with Crippen LogP contribution in [0.5, 0.6) is 11.5 Å². The van der Waals surface area contributed by atoms with Gasteiger partial charge in [0.25, 0.3) is 11.8 Å². The predicted molar refractivity (Wildman–Crippen MR) is 165 cm³/mol. The van der Waals surface area contributed by atoms with Crippen molar-refractivity contribution in [3.63, 3.8) is 0 Å². The lowest BCUT2D eigenvalue weighted by Gasteiger charge is -2.36. The van der Waals surface area contributed by atoms with Gasteiger partial charge in [-0.1, -0.05) is 30.0 Å². The molecule has 2 aliphatic heterocycles. The van der Waals surface area contributed by atoms with E-state index in [9.17, 15) is 14.0 Å². The molecule has 1 N–H and O–H groups in total. The van der Waals surface area contributed by atoms with E-state index in [2.05, 4.69) is 15.1 Å². The number of carbonyl (C=O) groups excluding carboxylic acids is 2. The number of likely N-dealkylation sites (N-methyl/N-ethyl adjacent to an activating group) is 1. The Morgan fingerprint density at radius 2 is 1.74 bits per heavy atom. The molecule has 0 atom stereocenters. The molecule has 1 saturated heterocycles. The summed E-state index contributed by atoms with van der Waals surface area (Å²) in [5.74, 6) is 0.716. The number of piperazine rings is 1. The van der Waals surface area contributed by atoms with E-state index in [0.29, 0.717) is 39.9 Å². The lowest BCUT2D eigenvalue weighted by atomic mass is 10.1. The second-order valence-corrected chi connectivity index (χ2v) is 11.2. The van der Waals surface area contributed by atoms with Gasteiger partial charge in [-0.05, 0) is 67.1 Å². The summed E-state index contributed by atoms with van der Waals surface area (Å²) in [6.45, 7) is 4.67. The molecule has 220 valence electrons. The van der Waals surface area contributed by atoms with Crippen LogP contribution in [0, 0.1) is 5.82 Å². The topological polar surface area (TPSA) is 74.4 Å². The van der Waals surface area contributed by atoms with Crippen LogP contribution in [0.1, 0.15) is 22.3 Å². The van der Waals surface area contributed by atoms with Gasteiger partial charge in [0.1, 0.15) is 5.82 Å². The van der Waals surface area contributed by atoms with Crippen LogP contribution >= 0.6 is 11.8 Å². The molecule has 0 saturated carbocycles. The van der Waals surface area contributed by atoms with Gasteiger partial charge in [-0.15, -0.1) is 0 Å². The highest BCUT2D eigenvalue weighted by Crippen LogP contribution is 2.42. The number of fused-ring (bicyclic) bond motifs is 1. The Labute approximate surface area is 250 Å². The molecule has 2 aliphatic rings. The molecule has 2 amide bonds. The molecule has 0 spiro atoms. The standard InChI is InChI=1S/C32H35FN4O4S/c1-35-26-21-23(10-12-29(26)42-30(32(35)39)20-22-9-11-27(40-2)28(19-22)41-3)31(38)34-13-6-14-36-15-17-37(18-16-36)25-8-5-4-7-24(25)33/h4-5,7-12,19-21H,6,13-18H2,1-3H3,(H,34,38)/b30-20-. The van der Waals surface area contributed by atoms with Crippen molar-refractivity contribution in [3.8, 4) is 11.5 Å². The number of benzene rings is 3. The monoisotopic (exact) mass is 590 g/mol.